The molecule has 2 rings (SSSR count). The Bertz CT molecular complexity index is 234. The maximum absolute atomic E-state index is 6.27. The number of piperidine rings is 2. The number of hydrogen-bond donors (Lipinski definition) is 1. The first-order chi connectivity index (χ1) is 8.04. The fourth-order valence-electron chi connectivity index (χ4n) is 3.70. The van der Waals surface area contributed by atoms with E-state index in [1.54, 1.807) is 0 Å². The van der Waals surface area contributed by atoms with E-state index in [0.717, 1.165) is 11.8 Å². The second-order valence-corrected chi connectivity index (χ2v) is 6.64. The van der Waals surface area contributed by atoms with Crippen LogP contribution in [0.25, 0.3) is 0 Å². The molecule has 3 nitrogen and oxygen atoms in total. The third kappa shape index (κ3) is 3.67. The number of nitrogens with zero attached hydrogens (tertiary/aromatic N) is 2. The Balaban J connectivity index is 1.86. The molecule has 0 amide bonds. The topological polar surface area (TPSA) is 32.5 Å². The molecule has 17 heavy (non-hydrogen) atoms. The lowest BCUT2D eigenvalue weighted by atomic mass is 9.88. The first kappa shape index (κ1) is 13.3. The van der Waals surface area contributed by atoms with Crippen LogP contribution in [0.5, 0.6) is 0 Å². The normalized spacial score (nSPS) is 41.6. The summed E-state index contributed by atoms with van der Waals surface area (Å²) >= 11 is 0. The highest BCUT2D eigenvalue weighted by Gasteiger charge is 2.29. The molecule has 4 atom stereocenters. The second-order valence-electron chi connectivity index (χ2n) is 6.64. The largest absolute Gasteiger partial charge is 0.327 e. The predicted octanol–water partition coefficient (Wildman–Crippen LogP) is 1.24. The lowest BCUT2D eigenvalue weighted by molar-refractivity contribution is 0.0870. The standard InChI is InChI=1S/C14H29N3/c1-11-6-12(2)8-17(7-11)10-13-9-16(3)5-4-14(13)15/h11-14H,4-10,15H2,1-3H3. The van der Waals surface area contributed by atoms with Crippen LogP contribution >= 0.6 is 0 Å². The maximum atomic E-state index is 6.27. The molecule has 0 saturated carbocycles. The van der Waals surface area contributed by atoms with Crippen molar-refractivity contribution in [2.24, 2.45) is 23.5 Å². The molecule has 4 unspecified atom stereocenters. The predicted molar refractivity (Wildman–Crippen MR) is 73.0 cm³/mol. The molecule has 2 aliphatic heterocycles. The van der Waals surface area contributed by atoms with Gasteiger partial charge in [-0.1, -0.05) is 13.8 Å². The summed E-state index contributed by atoms with van der Waals surface area (Å²) in [7, 11) is 2.22. The lowest BCUT2D eigenvalue weighted by Gasteiger charge is -2.41. The van der Waals surface area contributed by atoms with Gasteiger partial charge in [-0.3, -0.25) is 0 Å². The van der Waals surface area contributed by atoms with Crippen molar-refractivity contribution >= 4 is 0 Å². The van der Waals surface area contributed by atoms with Crippen LogP contribution in [0.4, 0.5) is 0 Å². The molecule has 0 aromatic rings. The first-order valence-corrected chi connectivity index (χ1v) is 7.21. The molecule has 2 N–H and O–H groups in total. The van der Waals surface area contributed by atoms with Crippen molar-refractivity contribution < 1.29 is 0 Å². The Morgan fingerprint density at radius 1 is 1.12 bits per heavy atom. The van der Waals surface area contributed by atoms with Crippen molar-refractivity contribution in [3.63, 3.8) is 0 Å². The van der Waals surface area contributed by atoms with E-state index in [1.807, 2.05) is 0 Å². The summed E-state index contributed by atoms with van der Waals surface area (Å²) < 4.78 is 0. The molecule has 2 saturated heterocycles. The van der Waals surface area contributed by atoms with E-state index in [9.17, 15) is 0 Å². The Labute approximate surface area is 106 Å². The van der Waals surface area contributed by atoms with Crippen molar-refractivity contribution in [3.05, 3.63) is 0 Å². The highest BCUT2D eigenvalue weighted by atomic mass is 15.2. The van der Waals surface area contributed by atoms with Gasteiger partial charge in [0.15, 0.2) is 0 Å². The molecule has 100 valence electrons. The molecule has 0 aromatic heterocycles. The van der Waals surface area contributed by atoms with Gasteiger partial charge >= 0.3 is 0 Å². The summed E-state index contributed by atoms with van der Waals surface area (Å²) in [5.41, 5.74) is 6.27. The Morgan fingerprint density at radius 2 is 1.76 bits per heavy atom. The Kier molecular flexibility index (Phi) is 4.45. The average molecular weight is 239 g/mol. The third-order valence-corrected chi connectivity index (χ3v) is 4.43. The van der Waals surface area contributed by atoms with Crippen LogP contribution in [-0.2, 0) is 0 Å². The van der Waals surface area contributed by atoms with Gasteiger partial charge in [0, 0.05) is 32.2 Å². The monoisotopic (exact) mass is 239 g/mol. The van der Waals surface area contributed by atoms with Crippen LogP contribution in [-0.4, -0.2) is 55.6 Å². The van der Waals surface area contributed by atoms with Gasteiger partial charge in [-0.15, -0.1) is 0 Å². The second kappa shape index (κ2) is 5.68. The van der Waals surface area contributed by atoms with E-state index in [1.165, 1.54) is 45.6 Å². The van der Waals surface area contributed by atoms with Gasteiger partial charge < -0.3 is 15.5 Å². The van der Waals surface area contributed by atoms with Crippen molar-refractivity contribution in [1.82, 2.24) is 9.80 Å². The quantitative estimate of drug-likeness (QED) is 0.787. The molecular formula is C14H29N3. The fourth-order valence-corrected chi connectivity index (χ4v) is 3.70. The van der Waals surface area contributed by atoms with Crippen LogP contribution in [0.3, 0.4) is 0 Å². The van der Waals surface area contributed by atoms with Crippen LogP contribution in [0.15, 0.2) is 0 Å². The summed E-state index contributed by atoms with van der Waals surface area (Å²) in [5, 5.41) is 0. The maximum Gasteiger partial charge on any atom is 0.0104 e. The van der Waals surface area contributed by atoms with Crippen molar-refractivity contribution in [3.8, 4) is 0 Å². The summed E-state index contributed by atoms with van der Waals surface area (Å²) in [5.74, 6) is 2.39. The van der Waals surface area contributed by atoms with Gasteiger partial charge in [0.05, 0.1) is 0 Å². The van der Waals surface area contributed by atoms with E-state index < -0.39 is 0 Å². The van der Waals surface area contributed by atoms with E-state index in [4.69, 9.17) is 5.73 Å². The summed E-state index contributed by atoms with van der Waals surface area (Å²) in [6.45, 7) is 10.9. The number of nitrogens with two attached hydrogens (primary N) is 1. The van der Waals surface area contributed by atoms with E-state index in [-0.39, 0.29) is 0 Å². The highest BCUT2D eigenvalue weighted by Crippen LogP contribution is 2.23. The number of likely N-dealkylation sites (tertiary alicyclic amines) is 2. The van der Waals surface area contributed by atoms with E-state index in [2.05, 4.69) is 30.7 Å². The lowest BCUT2D eigenvalue weighted by Crippen LogP contribution is -2.52. The summed E-state index contributed by atoms with van der Waals surface area (Å²) in [6.07, 6.45) is 2.56. The van der Waals surface area contributed by atoms with Crippen molar-refractivity contribution in [2.75, 3.05) is 39.8 Å². The number of rotatable bonds is 2. The van der Waals surface area contributed by atoms with Crippen LogP contribution < -0.4 is 5.73 Å². The van der Waals surface area contributed by atoms with Gasteiger partial charge in [-0.2, -0.15) is 0 Å². The average Bonchev–Trinajstić information content (AvgIpc) is 2.22. The van der Waals surface area contributed by atoms with Gasteiger partial charge in [0.1, 0.15) is 0 Å². The van der Waals surface area contributed by atoms with Crippen LogP contribution in [0.1, 0.15) is 26.7 Å². The first-order valence-electron chi connectivity index (χ1n) is 7.21. The zero-order chi connectivity index (χ0) is 12.4. The molecule has 0 radical (unpaired) electrons. The molecule has 0 aromatic carbocycles. The Hall–Kier alpha value is -0.120. The van der Waals surface area contributed by atoms with Gasteiger partial charge in [0.25, 0.3) is 0 Å². The molecule has 2 fully saturated rings. The summed E-state index contributed by atoms with van der Waals surface area (Å²) in [6, 6.07) is 0.415. The van der Waals surface area contributed by atoms with E-state index >= 15 is 0 Å². The van der Waals surface area contributed by atoms with Crippen molar-refractivity contribution in [1.29, 1.82) is 0 Å². The van der Waals surface area contributed by atoms with Crippen LogP contribution in [0, 0.1) is 17.8 Å². The SMILES string of the molecule is CC1CC(C)CN(CC2CN(C)CCC2N)C1. The van der Waals surface area contributed by atoms with Gasteiger partial charge in [0.2, 0.25) is 0 Å². The minimum Gasteiger partial charge on any atom is -0.327 e. The van der Waals surface area contributed by atoms with Gasteiger partial charge in [-0.25, -0.2) is 0 Å². The molecule has 2 heterocycles. The molecule has 0 aliphatic carbocycles. The molecule has 2 aliphatic rings. The Morgan fingerprint density at radius 3 is 2.41 bits per heavy atom. The van der Waals surface area contributed by atoms with Gasteiger partial charge in [-0.05, 0) is 44.2 Å². The smallest absolute Gasteiger partial charge is 0.0104 e. The van der Waals surface area contributed by atoms with Crippen molar-refractivity contribution in [2.45, 2.75) is 32.7 Å². The molecule has 0 bridgehead atoms. The fraction of sp³-hybridized carbons (Fsp3) is 1.00. The molecule has 3 heteroatoms. The number of hydrogen-bond acceptors (Lipinski definition) is 3. The zero-order valence-electron chi connectivity index (χ0n) is 11.7. The summed E-state index contributed by atoms with van der Waals surface area (Å²) in [4.78, 5) is 5.09. The zero-order valence-corrected chi connectivity index (χ0v) is 11.7. The third-order valence-electron chi connectivity index (χ3n) is 4.43. The minimum atomic E-state index is 0.415. The minimum absolute atomic E-state index is 0.415. The molecular weight excluding hydrogens is 210 g/mol. The highest BCUT2D eigenvalue weighted by molar-refractivity contribution is 4.85. The van der Waals surface area contributed by atoms with E-state index in [0.29, 0.717) is 12.0 Å². The molecule has 0 spiro atoms. The van der Waals surface area contributed by atoms with Crippen LogP contribution in [0.2, 0.25) is 0 Å².